The fourth-order valence-electron chi connectivity index (χ4n) is 7.55. The Morgan fingerprint density at radius 2 is 0.956 bits per heavy atom. The van der Waals surface area contributed by atoms with Gasteiger partial charge in [-0.15, -0.1) is 6.58 Å². The van der Waals surface area contributed by atoms with Crippen molar-refractivity contribution in [2.45, 2.75) is 106 Å². The molecule has 362 valence electrons. The van der Waals surface area contributed by atoms with Gasteiger partial charge in [-0.3, -0.25) is 9.59 Å². The molecule has 5 rings (SSSR count). The second-order valence-corrected chi connectivity index (χ2v) is 17.1. The zero-order chi connectivity index (χ0) is 49.3. The number of ether oxygens (including phenoxy) is 8. The van der Waals surface area contributed by atoms with Gasteiger partial charge in [0, 0.05) is 12.7 Å². The molecule has 13 heteroatoms. The van der Waals surface area contributed by atoms with Crippen molar-refractivity contribution in [3.05, 3.63) is 130 Å². The largest absolute Gasteiger partial charge is 0.494 e. The van der Waals surface area contributed by atoms with Crippen LogP contribution in [0.5, 0.6) is 34.5 Å². The van der Waals surface area contributed by atoms with Crippen LogP contribution in [0.1, 0.15) is 112 Å². The van der Waals surface area contributed by atoms with Crippen LogP contribution in [0, 0.1) is 53.4 Å². The summed E-state index contributed by atoms with van der Waals surface area (Å²) in [5.74, 6) is -0.288. The molecule has 0 N–H and O–H groups in total. The lowest BCUT2D eigenvalue weighted by Gasteiger charge is -2.26. The maximum atomic E-state index is 13.5. The van der Waals surface area contributed by atoms with Crippen LogP contribution in [-0.4, -0.2) is 62.4 Å². The number of rotatable bonds is 23. The molecular formula is C55H64O13. The zero-order valence-electron chi connectivity index (χ0n) is 40.4. The fourth-order valence-corrected chi connectivity index (χ4v) is 7.55. The van der Waals surface area contributed by atoms with E-state index >= 15 is 0 Å². The minimum absolute atomic E-state index is 0.0240. The van der Waals surface area contributed by atoms with Gasteiger partial charge in [-0.05, 0) is 194 Å². The summed E-state index contributed by atoms with van der Waals surface area (Å²) in [4.78, 5) is 64.4. The number of esters is 5. The first kappa shape index (κ1) is 52.2. The Morgan fingerprint density at radius 1 is 0.559 bits per heavy atom. The number of benzene rings is 4. The molecule has 1 aliphatic rings. The Morgan fingerprint density at radius 3 is 1.35 bits per heavy atom. The number of aryl methyl sites for hydroxylation is 2. The Bertz CT molecular complexity index is 2430. The van der Waals surface area contributed by atoms with E-state index in [0.29, 0.717) is 137 Å². The van der Waals surface area contributed by atoms with Gasteiger partial charge >= 0.3 is 29.8 Å². The quantitative estimate of drug-likeness (QED) is 0.0228. The van der Waals surface area contributed by atoms with Gasteiger partial charge in [-0.1, -0.05) is 12.7 Å². The molecule has 1 fully saturated rings. The summed E-state index contributed by atoms with van der Waals surface area (Å²) in [5.41, 5.74) is 4.66. The van der Waals surface area contributed by atoms with Crippen molar-refractivity contribution in [1.82, 2.24) is 0 Å². The normalized spacial score (nSPS) is 14.8. The number of carbonyl (C=O) groups excluding carboxylic acids is 5. The summed E-state index contributed by atoms with van der Waals surface area (Å²) in [6, 6.07) is 16.8. The average molecular weight is 933 g/mol. The molecule has 4 aromatic carbocycles. The first-order chi connectivity index (χ1) is 32.6. The third kappa shape index (κ3) is 14.6. The van der Waals surface area contributed by atoms with Crippen molar-refractivity contribution < 1.29 is 61.9 Å². The Hall–Kier alpha value is -6.73. The van der Waals surface area contributed by atoms with Crippen LogP contribution in [0.4, 0.5) is 0 Å². The first-order valence-electron chi connectivity index (χ1n) is 23.2. The fraction of sp³-hybridized carbons (Fsp3) is 0.400. The summed E-state index contributed by atoms with van der Waals surface area (Å²) < 4.78 is 45.6. The second kappa shape index (κ2) is 25.4. The van der Waals surface area contributed by atoms with Crippen LogP contribution in [0.3, 0.4) is 0 Å². The van der Waals surface area contributed by atoms with Crippen molar-refractivity contribution in [3.63, 3.8) is 0 Å². The Kier molecular flexibility index (Phi) is 19.5. The van der Waals surface area contributed by atoms with Gasteiger partial charge in [0.2, 0.25) is 0 Å². The molecule has 1 atom stereocenters. The maximum absolute atomic E-state index is 13.5. The standard InChI is InChI=1S/C55H64O13/c1-10-36(5)61-28-12-13-29-62-45-24-20-43(21-25-45)54(59)67-50-34(3)32-47(37(6)39(50)8)65-52(57)41-16-18-42(19-17-41)53(58)66-48-33-35(4)51(40(9)38(48)7)68-55(60)44-22-26-46(27-23-44)63-30-14-15-31-64-49(56)11-2/h10-11,20-27,32-33,36,41-42H,1-2,12-19,28-31H2,3-9H3. The lowest BCUT2D eigenvalue weighted by molar-refractivity contribution is -0.145. The first-order valence-corrected chi connectivity index (χ1v) is 23.2. The number of hydrogen-bond donors (Lipinski definition) is 0. The molecule has 13 nitrogen and oxygen atoms in total. The van der Waals surface area contributed by atoms with E-state index in [2.05, 4.69) is 13.2 Å². The predicted molar refractivity (Wildman–Crippen MR) is 257 cm³/mol. The summed E-state index contributed by atoms with van der Waals surface area (Å²) >= 11 is 0. The van der Waals surface area contributed by atoms with Crippen molar-refractivity contribution in [2.75, 3.05) is 26.4 Å². The number of hydrogen-bond acceptors (Lipinski definition) is 13. The van der Waals surface area contributed by atoms with Gasteiger partial charge in [0.1, 0.15) is 34.5 Å². The molecule has 0 bridgehead atoms. The van der Waals surface area contributed by atoms with Crippen LogP contribution in [-0.2, 0) is 23.9 Å². The molecule has 0 aromatic heterocycles. The van der Waals surface area contributed by atoms with Crippen LogP contribution in [0.25, 0.3) is 0 Å². The maximum Gasteiger partial charge on any atom is 0.343 e. The van der Waals surface area contributed by atoms with Gasteiger partial charge in [-0.2, -0.15) is 0 Å². The molecule has 0 saturated heterocycles. The highest BCUT2D eigenvalue weighted by molar-refractivity contribution is 5.92. The van der Waals surface area contributed by atoms with E-state index in [1.54, 1.807) is 87.5 Å². The average Bonchev–Trinajstić information content (AvgIpc) is 3.34. The van der Waals surface area contributed by atoms with Crippen molar-refractivity contribution in [3.8, 4) is 34.5 Å². The number of carbonyl (C=O) groups is 5. The van der Waals surface area contributed by atoms with E-state index in [1.807, 2.05) is 27.7 Å². The molecule has 0 spiro atoms. The van der Waals surface area contributed by atoms with Crippen molar-refractivity contribution >= 4 is 29.8 Å². The predicted octanol–water partition coefficient (Wildman–Crippen LogP) is 10.9. The molecule has 0 heterocycles. The van der Waals surface area contributed by atoms with Gasteiger partial charge in [0.05, 0.1) is 48.9 Å². The monoisotopic (exact) mass is 932 g/mol. The molecule has 68 heavy (non-hydrogen) atoms. The van der Waals surface area contributed by atoms with Gasteiger partial charge < -0.3 is 37.9 Å². The van der Waals surface area contributed by atoms with E-state index in [1.165, 1.54) is 0 Å². The van der Waals surface area contributed by atoms with Crippen LogP contribution in [0.2, 0.25) is 0 Å². The highest BCUT2D eigenvalue weighted by atomic mass is 16.6. The Balaban J connectivity index is 1.07. The molecule has 4 aromatic rings. The second-order valence-electron chi connectivity index (χ2n) is 17.1. The van der Waals surface area contributed by atoms with Crippen LogP contribution < -0.4 is 28.4 Å². The van der Waals surface area contributed by atoms with Crippen molar-refractivity contribution in [2.24, 2.45) is 11.8 Å². The number of unbranched alkanes of at least 4 members (excludes halogenated alkanes) is 2. The minimum Gasteiger partial charge on any atom is -0.494 e. The third-order valence-corrected chi connectivity index (χ3v) is 12.1. The Labute approximate surface area is 399 Å². The zero-order valence-corrected chi connectivity index (χ0v) is 40.4. The third-order valence-electron chi connectivity index (χ3n) is 12.1. The molecular weight excluding hydrogens is 869 g/mol. The molecule has 0 radical (unpaired) electrons. The molecule has 1 saturated carbocycles. The van der Waals surface area contributed by atoms with E-state index in [0.717, 1.165) is 18.9 Å². The molecule has 0 aliphatic heterocycles. The van der Waals surface area contributed by atoms with Gasteiger partial charge in [-0.25, -0.2) is 14.4 Å². The summed E-state index contributed by atoms with van der Waals surface area (Å²) in [5, 5.41) is 0. The van der Waals surface area contributed by atoms with E-state index in [9.17, 15) is 24.0 Å². The molecule has 1 aliphatic carbocycles. The smallest absolute Gasteiger partial charge is 0.343 e. The van der Waals surface area contributed by atoms with Gasteiger partial charge in [0.15, 0.2) is 0 Å². The highest BCUT2D eigenvalue weighted by Crippen LogP contribution is 2.38. The van der Waals surface area contributed by atoms with Crippen LogP contribution in [0.15, 0.2) is 86.0 Å². The summed E-state index contributed by atoms with van der Waals surface area (Å²) in [6.45, 7) is 21.7. The highest BCUT2D eigenvalue weighted by Gasteiger charge is 2.33. The van der Waals surface area contributed by atoms with Crippen molar-refractivity contribution in [1.29, 1.82) is 0 Å². The summed E-state index contributed by atoms with van der Waals surface area (Å²) in [7, 11) is 0. The van der Waals surface area contributed by atoms with E-state index in [-0.39, 0.29) is 24.6 Å². The van der Waals surface area contributed by atoms with E-state index < -0.39 is 29.7 Å². The van der Waals surface area contributed by atoms with Crippen LogP contribution >= 0.6 is 0 Å². The SMILES string of the molecule is C=CC(=O)OCCCCOc1ccc(C(=O)Oc2c(C)cc(OC(=O)C3CCC(C(=O)Oc4cc(C)c(OC(=O)c5ccc(OCCCCOC(C)C=C)cc5)c(C)c4C)CC3)c(C)c2C)cc1. The molecule has 0 amide bonds. The van der Waals surface area contributed by atoms with Gasteiger partial charge in [0.25, 0.3) is 0 Å². The topological polar surface area (TPSA) is 159 Å². The lowest BCUT2D eigenvalue weighted by atomic mass is 9.82. The van der Waals surface area contributed by atoms with E-state index in [4.69, 9.17) is 37.9 Å². The minimum atomic E-state index is -0.544. The lowest BCUT2D eigenvalue weighted by Crippen LogP contribution is -2.30. The molecule has 1 unspecified atom stereocenters. The summed E-state index contributed by atoms with van der Waals surface area (Å²) in [6.07, 6.45) is 7.73.